The van der Waals surface area contributed by atoms with E-state index in [-0.39, 0.29) is 12.0 Å². The number of nitrogen functional groups attached to an aromatic ring is 1. The van der Waals surface area contributed by atoms with Gasteiger partial charge in [-0.15, -0.1) is 0 Å². The van der Waals surface area contributed by atoms with Gasteiger partial charge in [0.05, 0.1) is 22.3 Å². The van der Waals surface area contributed by atoms with Gasteiger partial charge in [-0.25, -0.2) is 15.0 Å². The molecular weight excluding hydrogens is 414 g/mol. The molecular formula is C22H24ClN7O. The first-order valence-corrected chi connectivity index (χ1v) is 10.8. The van der Waals surface area contributed by atoms with Crippen LogP contribution in [0.5, 0.6) is 0 Å². The molecule has 9 heteroatoms. The van der Waals surface area contributed by atoms with Gasteiger partial charge in [0.15, 0.2) is 11.5 Å². The fourth-order valence-electron chi connectivity index (χ4n) is 4.42. The molecule has 2 atom stereocenters. The fraction of sp³-hybridized carbons (Fsp3) is 0.364. The van der Waals surface area contributed by atoms with Crippen molar-refractivity contribution in [3.63, 3.8) is 0 Å². The fourth-order valence-corrected chi connectivity index (χ4v) is 4.69. The molecule has 4 heterocycles. The van der Waals surface area contributed by atoms with Crippen LogP contribution in [0.2, 0.25) is 5.02 Å². The SMILES string of the molecule is COC1CCCN(c2c(C(C)c3nc4ncnc(N)c4[nH]3)cc(Cl)c3cccnc23)C1. The number of ether oxygens (including phenoxy) is 1. The van der Waals surface area contributed by atoms with Crippen molar-refractivity contribution in [1.29, 1.82) is 0 Å². The summed E-state index contributed by atoms with van der Waals surface area (Å²) in [7, 11) is 1.77. The van der Waals surface area contributed by atoms with Crippen LogP contribution in [-0.4, -0.2) is 51.2 Å². The van der Waals surface area contributed by atoms with E-state index in [9.17, 15) is 0 Å². The normalized spacial score (nSPS) is 18.0. The third-order valence-electron chi connectivity index (χ3n) is 6.09. The Kier molecular flexibility index (Phi) is 5.11. The van der Waals surface area contributed by atoms with Crippen LogP contribution in [0.25, 0.3) is 22.1 Å². The van der Waals surface area contributed by atoms with Crippen LogP contribution < -0.4 is 10.6 Å². The molecule has 31 heavy (non-hydrogen) atoms. The Balaban J connectivity index is 1.69. The Bertz CT molecular complexity index is 1260. The number of methoxy groups -OCH3 is 1. The number of aromatic amines is 1. The second-order valence-corrected chi connectivity index (χ2v) is 8.35. The second kappa shape index (κ2) is 7.94. The average Bonchev–Trinajstić information content (AvgIpc) is 3.24. The molecule has 3 aromatic heterocycles. The molecule has 0 radical (unpaired) electrons. The van der Waals surface area contributed by atoms with E-state index >= 15 is 0 Å². The number of rotatable bonds is 4. The summed E-state index contributed by atoms with van der Waals surface area (Å²) in [6, 6.07) is 5.96. The van der Waals surface area contributed by atoms with Gasteiger partial charge in [-0.1, -0.05) is 18.5 Å². The highest BCUT2D eigenvalue weighted by Crippen LogP contribution is 2.41. The Hall–Kier alpha value is -2.97. The molecule has 0 saturated carbocycles. The number of pyridine rings is 1. The van der Waals surface area contributed by atoms with Crippen molar-refractivity contribution in [3.8, 4) is 0 Å². The zero-order valence-corrected chi connectivity index (χ0v) is 18.2. The molecule has 0 aliphatic carbocycles. The molecule has 5 rings (SSSR count). The highest BCUT2D eigenvalue weighted by atomic mass is 35.5. The summed E-state index contributed by atoms with van der Waals surface area (Å²) in [5.41, 5.74) is 10.2. The Labute approximate surface area is 184 Å². The monoisotopic (exact) mass is 437 g/mol. The molecule has 1 aliphatic rings. The molecule has 0 spiro atoms. The number of hydrogen-bond acceptors (Lipinski definition) is 7. The van der Waals surface area contributed by atoms with Crippen molar-refractivity contribution in [1.82, 2.24) is 24.9 Å². The summed E-state index contributed by atoms with van der Waals surface area (Å²) in [6.45, 7) is 3.84. The van der Waals surface area contributed by atoms with Gasteiger partial charge in [0.1, 0.15) is 17.7 Å². The van der Waals surface area contributed by atoms with E-state index in [2.05, 4.69) is 31.8 Å². The van der Waals surface area contributed by atoms with Gasteiger partial charge in [0.2, 0.25) is 0 Å². The highest BCUT2D eigenvalue weighted by Gasteiger charge is 2.28. The van der Waals surface area contributed by atoms with Crippen molar-refractivity contribution in [2.24, 2.45) is 0 Å². The number of hydrogen-bond donors (Lipinski definition) is 2. The van der Waals surface area contributed by atoms with Crippen LogP contribution in [-0.2, 0) is 4.74 Å². The van der Waals surface area contributed by atoms with Crippen molar-refractivity contribution < 1.29 is 4.74 Å². The minimum Gasteiger partial charge on any atom is -0.382 e. The number of halogens is 1. The second-order valence-electron chi connectivity index (χ2n) is 7.94. The summed E-state index contributed by atoms with van der Waals surface area (Å²) >= 11 is 6.71. The van der Waals surface area contributed by atoms with Gasteiger partial charge in [-0.3, -0.25) is 4.98 Å². The molecule has 1 aromatic carbocycles. The Morgan fingerprint density at radius 3 is 3.00 bits per heavy atom. The van der Waals surface area contributed by atoms with Crippen molar-refractivity contribution in [2.75, 3.05) is 30.8 Å². The summed E-state index contributed by atoms with van der Waals surface area (Å²) < 4.78 is 5.68. The third kappa shape index (κ3) is 3.45. The van der Waals surface area contributed by atoms with Crippen LogP contribution in [0.15, 0.2) is 30.7 Å². The van der Waals surface area contributed by atoms with Crippen LogP contribution >= 0.6 is 11.6 Å². The van der Waals surface area contributed by atoms with E-state index in [4.69, 9.17) is 27.1 Å². The van der Waals surface area contributed by atoms with Gasteiger partial charge in [-0.05, 0) is 36.6 Å². The zero-order valence-electron chi connectivity index (χ0n) is 17.5. The smallest absolute Gasteiger partial charge is 0.183 e. The standard InChI is InChI=1S/C22H24ClN7O/c1-12(21-28-18-20(24)26-11-27-22(18)29-21)15-9-16(23)14-6-3-7-25-17(14)19(15)30-8-4-5-13(10-30)31-2/h3,6-7,9,11-13H,4-5,8,10H2,1-2H3,(H3,24,26,27,28,29). The maximum absolute atomic E-state index is 6.71. The first kappa shape index (κ1) is 20.0. The van der Waals surface area contributed by atoms with Crippen LogP contribution in [0.4, 0.5) is 11.5 Å². The molecule has 3 N–H and O–H groups in total. The summed E-state index contributed by atoms with van der Waals surface area (Å²) in [5, 5.41) is 1.61. The maximum Gasteiger partial charge on any atom is 0.183 e. The van der Waals surface area contributed by atoms with E-state index in [0.29, 0.717) is 22.0 Å². The third-order valence-corrected chi connectivity index (χ3v) is 6.40. The molecule has 1 fully saturated rings. The van der Waals surface area contributed by atoms with E-state index in [1.165, 1.54) is 6.33 Å². The number of nitrogens with zero attached hydrogens (tertiary/aromatic N) is 5. The number of nitrogens with one attached hydrogen (secondary N) is 1. The number of benzene rings is 1. The highest BCUT2D eigenvalue weighted by molar-refractivity contribution is 6.36. The van der Waals surface area contributed by atoms with Crippen molar-refractivity contribution in [3.05, 3.63) is 47.1 Å². The first-order valence-electron chi connectivity index (χ1n) is 10.4. The zero-order chi connectivity index (χ0) is 21.5. The van der Waals surface area contributed by atoms with E-state index in [1.54, 1.807) is 7.11 Å². The topological polar surface area (TPSA) is 106 Å². The van der Waals surface area contributed by atoms with Gasteiger partial charge in [0, 0.05) is 37.7 Å². The number of piperidine rings is 1. The summed E-state index contributed by atoms with van der Waals surface area (Å²) in [6.07, 6.45) is 5.53. The number of imidazole rings is 1. The Morgan fingerprint density at radius 1 is 1.32 bits per heavy atom. The van der Waals surface area contributed by atoms with E-state index in [0.717, 1.165) is 53.9 Å². The van der Waals surface area contributed by atoms with Crippen molar-refractivity contribution >= 4 is 45.2 Å². The lowest BCUT2D eigenvalue weighted by molar-refractivity contribution is 0.0893. The molecule has 8 nitrogen and oxygen atoms in total. The predicted octanol–water partition coefficient (Wildman–Crippen LogP) is 3.90. The average molecular weight is 438 g/mol. The number of nitrogens with two attached hydrogens (primary N) is 1. The van der Waals surface area contributed by atoms with Crippen LogP contribution in [0.1, 0.15) is 37.1 Å². The Morgan fingerprint density at radius 2 is 2.19 bits per heavy atom. The number of fused-ring (bicyclic) bond motifs is 2. The summed E-state index contributed by atoms with van der Waals surface area (Å²) in [4.78, 5) is 23.4. The van der Waals surface area contributed by atoms with Gasteiger partial charge < -0.3 is 20.4 Å². The molecule has 1 saturated heterocycles. The van der Waals surface area contributed by atoms with Crippen LogP contribution in [0, 0.1) is 0 Å². The molecule has 160 valence electrons. The minimum absolute atomic E-state index is 0.0876. The van der Waals surface area contributed by atoms with Crippen LogP contribution in [0.3, 0.4) is 0 Å². The molecule has 0 bridgehead atoms. The molecule has 2 unspecified atom stereocenters. The maximum atomic E-state index is 6.71. The van der Waals surface area contributed by atoms with Gasteiger partial charge in [0.25, 0.3) is 0 Å². The quantitative estimate of drug-likeness (QED) is 0.498. The largest absolute Gasteiger partial charge is 0.382 e. The first-order chi connectivity index (χ1) is 15.1. The molecule has 0 amide bonds. The lowest BCUT2D eigenvalue weighted by Gasteiger charge is -2.36. The lowest BCUT2D eigenvalue weighted by atomic mass is 9.94. The number of aromatic nitrogens is 5. The van der Waals surface area contributed by atoms with Crippen molar-refractivity contribution in [2.45, 2.75) is 31.8 Å². The number of anilines is 2. The predicted molar refractivity (Wildman–Crippen MR) is 123 cm³/mol. The van der Waals surface area contributed by atoms with E-state index in [1.807, 2.05) is 24.4 Å². The molecule has 1 aliphatic heterocycles. The van der Waals surface area contributed by atoms with Gasteiger partial charge >= 0.3 is 0 Å². The number of H-pyrrole nitrogens is 1. The van der Waals surface area contributed by atoms with Gasteiger partial charge in [-0.2, -0.15) is 0 Å². The van der Waals surface area contributed by atoms with E-state index < -0.39 is 0 Å². The summed E-state index contributed by atoms with van der Waals surface area (Å²) in [5.74, 6) is 1.05. The lowest BCUT2D eigenvalue weighted by Crippen LogP contribution is -2.40. The minimum atomic E-state index is -0.0876. The molecule has 4 aromatic rings.